The van der Waals surface area contributed by atoms with Gasteiger partial charge in [-0.05, 0) is 41.0 Å². The highest BCUT2D eigenvalue weighted by atomic mass is 35.5. The molecule has 0 radical (unpaired) electrons. The van der Waals surface area contributed by atoms with Crippen molar-refractivity contribution in [2.75, 3.05) is 26.2 Å². The molecule has 0 amide bonds. The minimum Gasteiger partial charge on any atom is -0.508 e. The molecule has 25 heavy (non-hydrogen) atoms. The number of piperazine rings is 1. The molecule has 0 aliphatic carbocycles. The molecule has 1 fully saturated rings. The Morgan fingerprint density at radius 3 is 2.40 bits per heavy atom. The topological polar surface area (TPSA) is 35.5 Å². The van der Waals surface area contributed by atoms with Gasteiger partial charge in [0.2, 0.25) is 0 Å². The highest BCUT2D eigenvalue weighted by Gasteiger charge is 2.21. The molecule has 3 rings (SSSR count). The van der Waals surface area contributed by atoms with E-state index >= 15 is 0 Å². The zero-order chi connectivity index (χ0) is 16.1. The van der Waals surface area contributed by atoms with Crippen molar-refractivity contribution in [1.82, 2.24) is 10.2 Å². The summed E-state index contributed by atoms with van der Waals surface area (Å²) in [4.78, 5) is 2.63. The molecule has 1 heterocycles. The number of halogens is 2. The third-order valence-corrected chi connectivity index (χ3v) is 4.91. The molecule has 1 saturated heterocycles. The van der Waals surface area contributed by atoms with Gasteiger partial charge >= 0.3 is 0 Å². The highest BCUT2D eigenvalue weighted by Crippen LogP contribution is 2.30. The van der Waals surface area contributed by atoms with Crippen molar-refractivity contribution < 1.29 is 5.11 Å². The maximum atomic E-state index is 9.64. The van der Waals surface area contributed by atoms with Crippen LogP contribution in [0.4, 0.5) is 0 Å². The maximum absolute atomic E-state index is 9.64. The Hall–Kier alpha value is -1.000. The van der Waals surface area contributed by atoms with Crippen LogP contribution in [0.5, 0.6) is 5.75 Å². The number of hydrogen-bond acceptors (Lipinski definition) is 3. The van der Waals surface area contributed by atoms with E-state index in [4.69, 9.17) is 0 Å². The third-order valence-electron chi connectivity index (χ3n) is 4.91. The molecule has 2 aromatic rings. The van der Waals surface area contributed by atoms with Crippen molar-refractivity contribution in [2.45, 2.75) is 38.6 Å². The number of unbranched alkanes of at least 4 members (excludes halogenated alkanes) is 2. The van der Waals surface area contributed by atoms with Crippen molar-refractivity contribution in [3.63, 3.8) is 0 Å². The van der Waals surface area contributed by atoms with Gasteiger partial charge in [-0.3, -0.25) is 4.90 Å². The number of nitrogens with zero attached hydrogens (tertiary/aromatic N) is 1. The van der Waals surface area contributed by atoms with Gasteiger partial charge in [-0.2, -0.15) is 0 Å². The second-order valence-electron chi connectivity index (χ2n) is 6.59. The zero-order valence-corrected chi connectivity index (χ0v) is 16.5. The van der Waals surface area contributed by atoms with Crippen molar-refractivity contribution in [3.8, 4) is 5.75 Å². The van der Waals surface area contributed by atoms with Gasteiger partial charge in [0, 0.05) is 32.2 Å². The van der Waals surface area contributed by atoms with Crippen LogP contribution in [0.1, 0.15) is 44.2 Å². The number of phenolic OH excluding ortho intramolecular Hbond substituents is 1. The lowest BCUT2D eigenvalue weighted by molar-refractivity contribution is 0.163. The van der Waals surface area contributed by atoms with Crippen LogP contribution in [-0.2, 0) is 0 Å². The molecule has 0 spiro atoms. The summed E-state index contributed by atoms with van der Waals surface area (Å²) < 4.78 is 0. The maximum Gasteiger partial charge on any atom is 0.116 e. The molecule has 2 N–H and O–H groups in total. The molecule has 0 unspecified atom stereocenters. The molecule has 140 valence electrons. The molecule has 1 atom stereocenters. The fraction of sp³-hybridized carbons (Fsp3) is 0.500. The predicted octanol–water partition coefficient (Wildman–Crippen LogP) is 4.92. The smallest absolute Gasteiger partial charge is 0.116 e. The number of aromatic hydroxyl groups is 1. The van der Waals surface area contributed by atoms with Crippen molar-refractivity contribution in [2.24, 2.45) is 0 Å². The first-order valence-electron chi connectivity index (χ1n) is 8.95. The van der Waals surface area contributed by atoms with E-state index < -0.39 is 0 Å². The fourth-order valence-electron chi connectivity index (χ4n) is 3.60. The first kappa shape index (κ1) is 22.0. The summed E-state index contributed by atoms with van der Waals surface area (Å²) in [6.07, 6.45) is 5.10. The fourth-order valence-corrected chi connectivity index (χ4v) is 3.60. The number of hydrogen-bond donors (Lipinski definition) is 2. The van der Waals surface area contributed by atoms with Crippen LogP contribution in [0.2, 0.25) is 0 Å². The summed E-state index contributed by atoms with van der Waals surface area (Å²) in [7, 11) is 0. The predicted molar refractivity (Wildman–Crippen MR) is 111 cm³/mol. The molecule has 1 aliphatic heterocycles. The van der Waals surface area contributed by atoms with Crippen LogP contribution >= 0.6 is 24.8 Å². The third kappa shape index (κ3) is 5.75. The molecule has 0 saturated carbocycles. The Balaban J connectivity index is 0.00000156. The van der Waals surface area contributed by atoms with E-state index in [0.717, 1.165) is 31.6 Å². The zero-order valence-electron chi connectivity index (χ0n) is 14.9. The van der Waals surface area contributed by atoms with Crippen molar-refractivity contribution in [3.05, 3.63) is 42.0 Å². The van der Waals surface area contributed by atoms with E-state index in [1.165, 1.54) is 36.6 Å². The van der Waals surface area contributed by atoms with Crippen molar-refractivity contribution >= 4 is 35.6 Å². The average Bonchev–Trinajstić information content (AvgIpc) is 2.59. The summed E-state index contributed by atoms with van der Waals surface area (Å²) in [5.41, 5.74) is 1.42. The normalized spacial score (nSPS) is 16.0. The molecule has 5 heteroatoms. The van der Waals surface area contributed by atoms with Crippen LogP contribution in [0.25, 0.3) is 10.8 Å². The molecule has 1 aliphatic rings. The van der Waals surface area contributed by atoms with E-state index in [1.54, 1.807) is 6.07 Å². The highest BCUT2D eigenvalue weighted by molar-refractivity contribution is 5.86. The first-order chi connectivity index (χ1) is 11.3. The van der Waals surface area contributed by atoms with Crippen LogP contribution < -0.4 is 5.32 Å². The summed E-state index contributed by atoms with van der Waals surface area (Å²) in [5.74, 6) is 0.340. The Bertz CT molecular complexity index is 645. The standard InChI is InChI=1S/C20H28N2O.2ClH/c1-2-3-4-5-20(22-12-10-21-11-13-22)18-7-6-17-15-19(23)9-8-16(17)14-18;;/h6-9,14-15,20-21,23H,2-5,10-13H2,1H3;2*1H/t20-;;/m0../s1. The number of fused-ring (bicyclic) bond motifs is 1. The van der Waals surface area contributed by atoms with E-state index in [9.17, 15) is 5.11 Å². The molecular formula is C20H30Cl2N2O. The van der Waals surface area contributed by atoms with Crippen LogP contribution in [0.15, 0.2) is 36.4 Å². The van der Waals surface area contributed by atoms with Crippen molar-refractivity contribution in [1.29, 1.82) is 0 Å². The van der Waals surface area contributed by atoms with E-state index in [0.29, 0.717) is 11.8 Å². The van der Waals surface area contributed by atoms with E-state index in [1.807, 2.05) is 12.1 Å². The molecule has 0 aromatic heterocycles. The van der Waals surface area contributed by atoms with Gasteiger partial charge in [0.25, 0.3) is 0 Å². The minimum atomic E-state index is 0. The van der Waals surface area contributed by atoms with Gasteiger partial charge < -0.3 is 10.4 Å². The summed E-state index contributed by atoms with van der Waals surface area (Å²) >= 11 is 0. The van der Waals surface area contributed by atoms with Gasteiger partial charge in [0.1, 0.15) is 5.75 Å². The van der Waals surface area contributed by atoms with E-state index in [-0.39, 0.29) is 24.8 Å². The minimum absolute atomic E-state index is 0. The Morgan fingerprint density at radius 1 is 1.00 bits per heavy atom. The monoisotopic (exact) mass is 384 g/mol. The van der Waals surface area contributed by atoms with Gasteiger partial charge in [0.15, 0.2) is 0 Å². The lowest BCUT2D eigenvalue weighted by Crippen LogP contribution is -2.45. The number of phenols is 1. The molecule has 0 bridgehead atoms. The SMILES string of the molecule is CCCCC[C@@H](c1ccc2cc(O)ccc2c1)N1CCNCC1.Cl.Cl. The number of rotatable bonds is 6. The lowest BCUT2D eigenvalue weighted by atomic mass is 9.95. The summed E-state index contributed by atoms with van der Waals surface area (Å²) in [6, 6.07) is 12.9. The molecule has 2 aromatic carbocycles. The van der Waals surface area contributed by atoms with Gasteiger partial charge in [-0.25, -0.2) is 0 Å². The van der Waals surface area contributed by atoms with Gasteiger partial charge in [0.05, 0.1) is 0 Å². The second kappa shape index (κ2) is 10.9. The van der Waals surface area contributed by atoms with Crippen LogP contribution in [0, 0.1) is 0 Å². The summed E-state index contributed by atoms with van der Waals surface area (Å²) in [5, 5.41) is 15.4. The summed E-state index contributed by atoms with van der Waals surface area (Å²) in [6.45, 7) is 6.70. The Kier molecular flexibility index (Phi) is 9.58. The Morgan fingerprint density at radius 2 is 1.68 bits per heavy atom. The molecule has 3 nitrogen and oxygen atoms in total. The second-order valence-corrected chi connectivity index (χ2v) is 6.59. The van der Waals surface area contributed by atoms with Crippen LogP contribution in [0.3, 0.4) is 0 Å². The number of benzene rings is 2. The quantitative estimate of drug-likeness (QED) is 0.693. The molecular weight excluding hydrogens is 355 g/mol. The van der Waals surface area contributed by atoms with E-state index in [2.05, 4.69) is 35.3 Å². The number of nitrogens with one attached hydrogen (secondary N) is 1. The lowest BCUT2D eigenvalue weighted by Gasteiger charge is -2.35. The largest absolute Gasteiger partial charge is 0.508 e. The van der Waals surface area contributed by atoms with Crippen LogP contribution in [-0.4, -0.2) is 36.2 Å². The average molecular weight is 385 g/mol. The van der Waals surface area contributed by atoms with Gasteiger partial charge in [-0.1, -0.05) is 44.4 Å². The van der Waals surface area contributed by atoms with Gasteiger partial charge in [-0.15, -0.1) is 24.8 Å². The Labute approximate surface area is 163 Å². The first-order valence-corrected chi connectivity index (χ1v) is 8.95.